The first-order valence-electron chi connectivity index (χ1n) is 5.93. The highest BCUT2D eigenvalue weighted by Crippen LogP contribution is 2.17. The Morgan fingerprint density at radius 2 is 2.17 bits per heavy atom. The van der Waals surface area contributed by atoms with Gasteiger partial charge in [0.1, 0.15) is 5.82 Å². The molecule has 0 unspecified atom stereocenters. The second-order valence-electron chi connectivity index (χ2n) is 3.81. The summed E-state index contributed by atoms with van der Waals surface area (Å²) in [5, 5.41) is 0. The van der Waals surface area contributed by atoms with E-state index in [1.165, 1.54) is 0 Å². The van der Waals surface area contributed by atoms with Crippen LogP contribution in [0.4, 0.5) is 5.82 Å². The Morgan fingerprint density at radius 1 is 1.28 bits per heavy atom. The van der Waals surface area contributed by atoms with Crippen LogP contribution in [0.1, 0.15) is 18.4 Å². The van der Waals surface area contributed by atoms with Crippen molar-refractivity contribution in [2.75, 3.05) is 12.3 Å². The van der Waals surface area contributed by atoms with Crippen LogP contribution in [-0.4, -0.2) is 21.6 Å². The topological polar surface area (TPSA) is 73.9 Å². The maximum Gasteiger partial charge on any atom is 0.179 e. The fraction of sp³-hybridized carbons (Fsp3) is 0.308. The van der Waals surface area contributed by atoms with Gasteiger partial charge in [0.2, 0.25) is 0 Å². The minimum absolute atomic E-state index is 0.392. The van der Waals surface area contributed by atoms with Gasteiger partial charge in [0, 0.05) is 24.7 Å². The molecule has 0 atom stereocenters. The molecule has 0 fully saturated rings. The van der Waals surface area contributed by atoms with Crippen molar-refractivity contribution in [3.05, 3.63) is 42.1 Å². The minimum atomic E-state index is 0.392. The molecule has 0 aliphatic rings. The molecule has 0 saturated heterocycles. The van der Waals surface area contributed by atoms with E-state index in [1.54, 1.807) is 12.4 Å². The number of aromatic nitrogens is 3. The lowest BCUT2D eigenvalue weighted by Crippen LogP contribution is -2.07. The maximum atomic E-state index is 5.78. The molecule has 2 rings (SSSR count). The SMILES string of the molecule is CCc1ncc(OCCc2ccccn2)c(N)n1. The Bertz CT molecular complexity index is 502. The number of hydrogen-bond donors (Lipinski definition) is 1. The van der Waals surface area contributed by atoms with Gasteiger partial charge < -0.3 is 10.5 Å². The molecule has 2 aromatic rings. The van der Waals surface area contributed by atoms with Crippen molar-refractivity contribution in [2.45, 2.75) is 19.8 Å². The van der Waals surface area contributed by atoms with Crippen molar-refractivity contribution in [3.63, 3.8) is 0 Å². The van der Waals surface area contributed by atoms with Crippen LogP contribution in [0.2, 0.25) is 0 Å². The molecule has 18 heavy (non-hydrogen) atoms. The first kappa shape index (κ1) is 12.3. The summed E-state index contributed by atoms with van der Waals surface area (Å²) in [4.78, 5) is 12.5. The van der Waals surface area contributed by atoms with Gasteiger partial charge >= 0.3 is 0 Å². The summed E-state index contributed by atoms with van der Waals surface area (Å²) < 4.78 is 5.55. The van der Waals surface area contributed by atoms with Crippen LogP contribution in [0.3, 0.4) is 0 Å². The highest BCUT2D eigenvalue weighted by molar-refractivity contribution is 5.43. The van der Waals surface area contributed by atoms with Gasteiger partial charge in [-0.2, -0.15) is 0 Å². The summed E-state index contributed by atoms with van der Waals surface area (Å²) in [6.07, 6.45) is 4.89. The molecule has 0 radical (unpaired) electrons. The van der Waals surface area contributed by atoms with Gasteiger partial charge in [0.05, 0.1) is 12.8 Å². The zero-order valence-corrected chi connectivity index (χ0v) is 10.3. The first-order valence-corrected chi connectivity index (χ1v) is 5.93. The number of pyridine rings is 1. The molecule has 0 aliphatic heterocycles. The van der Waals surface area contributed by atoms with Crippen molar-refractivity contribution in [3.8, 4) is 5.75 Å². The van der Waals surface area contributed by atoms with Gasteiger partial charge in [0.15, 0.2) is 11.6 Å². The van der Waals surface area contributed by atoms with Crippen molar-refractivity contribution in [1.29, 1.82) is 0 Å². The monoisotopic (exact) mass is 244 g/mol. The quantitative estimate of drug-likeness (QED) is 0.865. The molecule has 0 aromatic carbocycles. The van der Waals surface area contributed by atoms with Crippen LogP contribution < -0.4 is 10.5 Å². The third-order valence-corrected chi connectivity index (χ3v) is 2.49. The molecule has 2 N–H and O–H groups in total. The summed E-state index contributed by atoms with van der Waals surface area (Å²) in [7, 11) is 0. The van der Waals surface area contributed by atoms with Gasteiger partial charge in [-0.3, -0.25) is 4.98 Å². The Hall–Kier alpha value is -2.17. The number of aryl methyl sites for hydroxylation is 1. The zero-order valence-electron chi connectivity index (χ0n) is 10.3. The molecule has 0 amide bonds. The van der Waals surface area contributed by atoms with Crippen LogP contribution in [-0.2, 0) is 12.8 Å². The van der Waals surface area contributed by atoms with Crippen LogP contribution in [0, 0.1) is 0 Å². The highest BCUT2D eigenvalue weighted by Gasteiger charge is 2.04. The molecule has 0 spiro atoms. The van der Waals surface area contributed by atoms with Crippen LogP contribution in [0.5, 0.6) is 5.75 Å². The molecule has 5 nitrogen and oxygen atoms in total. The molecule has 0 bridgehead atoms. The van der Waals surface area contributed by atoms with Crippen LogP contribution in [0.15, 0.2) is 30.6 Å². The molecular weight excluding hydrogens is 228 g/mol. The van der Waals surface area contributed by atoms with E-state index in [4.69, 9.17) is 10.5 Å². The molecule has 2 aromatic heterocycles. The molecule has 0 saturated carbocycles. The van der Waals surface area contributed by atoms with Gasteiger partial charge in [-0.15, -0.1) is 0 Å². The summed E-state index contributed by atoms with van der Waals surface area (Å²) in [6.45, 7) is 2.49. The third-order valence-electron chi connectivity index (χ3n) is 2.49. The van der Waals surface area contributed by atoms with Crippen molar-refractivity contribution < 1.29 is 4.74 Å². The van der Waals surface area contributed by atoms with Crippen molar-refractivity contribution >= 4 is 5.82 Å². The average molecular weight is 244 g/mol. The number of anilines is 1. The Kier molecular flexibility index (Phi) is 4.06. The summed E-state index contributed by atoms with van der Waals surface area (Å²) in [5.41, 5.74) is 6.77. The van der Waals surface area contributed by atoms with E-state index < -0.39 is 0 Å². The van der Waals surface area contributed by atoms with Gasteiger partial charge in [-0.05, 0) is 12.1 Å². The van der Waals surface area contributed by atoms with E-state index in [1.807, 2.05) is 25.1 Å². The summed E-state index contributed by atoms with van der Waals surface area (Å²) in [5.74, 6) is 1.65. The number of nitrogen functional groups attached to an aromatic ring is 1. The van der Waals surface area contributed by atoms with Crippen molar-refractivity contribution in [2.24, 2.45) is 0 Å². The van der Waals surface area contributed by atoms with Crippen LogP contribution >= 0.6 is 0 Å². The number of nitrogens with zero attached hydrogens (tertiary/aromatic N) is 3. The molecular formula is C13H16N4O. The van der Waals surface area contributed by atoms with E-state index in [9.17, 15) is 0 Å². The van der Waals surface area contributed by atoms with Crippen molar-refractivity contribution in [1.82, 2.24) is 15.0 Å². The third kappa shape index (κ3) is 3.16. The Labute approximate surface area is 106 Å². The van der Waals surface area contributed by atoms with Gasteiger partial charge in [-0.1, -0.05) is 13.0 Å². The van der Waals surface area contributed by atoms with Gasteiger partial charge in [-0.25, -0.2) is 9.97 Å². The highest BCUT2D eigenvalue weighted by atomic mass is 16.5. The van der Waals surface area contributed by atoms with E-state index in [-0.39, 0.29) is 0 Å². The summed E-state index contributed by atoms with van der Waals surface area (Å²) >= 11 is 0. The smallest absolute Gasteiger partial charge is 0.179 e. The first-order chi connectivity index (χ1) is 8.79. The fourth-order valence-corrected chi connectivity index (χ4v) is 1.52. The van der Waals surface area contributed by atoms with E-state index >= 15 is 0 Å². The number of nitrogens with two attached hydrogens (primary N) is 1. The zero-order chi connectivity index (χ0) is 12.8. The number of ether oxygens (including phenoxy) is 1. The predicted molar refractivity (Wildman–Crippen MR) is 69.3 cm³/mol. The van der Waals surface area contributed by atoms with Crippen LogP contribution in [0.25, 0.3) is 0 Å². The lowest BCUT2D eigenvalue weighted by atomic mass is 10.3. The molecule has 94 valence electrons. The predicted octanol–water partition coefficient (Wildman–Crippen LogP) is 1.64. The molecule has 0 aliphatic carbocycles. The lowest BCUT2D eigenvalue weighted by molar-refractivity contribution is 0.319. The van der Waals surface area contributed by atoms with Gasteiger partial charge in [0.25, 0.3) is 0 Å². The summed E-state index contributed by atoms with van der Waals surface area (Å²) in [6, 6.07) is 5.80. The fourth-order valence-electron chi connectivity index (χ4n) is 1.52. The van der Waals surface area contributed by atoms with E-state index in [2.05, 4.69) is 15.0 Å². The Morgan fingerprint density at radius 3 is 2.83 bits per heavy atom. The second-order valence-corrected chi connectivity index (χ2v) is 3.81. The van der Waals surface area contributed by atoms with E-state index in [0.29, 0.717) is 18.2 Å². The normalized spacial score (nSPS) is 10.3. The maximum absolute atomic E-state index is 5.78. The second kappa shape index (κ2) is 5.95. The Balaban J connectivity index is 1.91. The molecule has 2 heterocycles. The number of hydrogen-bond acceptors (Lipinski definition) is 5. The number of rotatable bonds is 5. The van der Waals surface area contributed by atoms with E-state index in [0.717, 1.165) is 24.4 Å². The lowest BCUT2D eigenvalue weighted by Gasteiger charge is -2.08. The standard InChI is InChI=1S/C13H16N4O/c1-2-12-16-9-11(13(14)17-12)18-8-6-10-5-3-4-7-15-10/h3-5,7,9H,2,6,8H2,1H3,(H2,14,16,17). The largest absolute Gasteiger partial charge is 0.488 e. The minimum Gasteiger partial charge on any atom is -0.488 e. The average Bonchev–Trinajstić information content (AvgIpc) is 2.42. The molecule has 5 heteroatoms.